The average molecular weight is 345 g/mol. The predicted molar refractivity (Wildman–Crippen MR) is 99.4 cm³/mol. The lowest BCUT2D eigenvalue weighted by atomic mass is 10.00. The van der Waals surface area contributed by atoms with E-state index in [1.807, 2.05) is 4.90 Å². The van der Waals surface area contributed by atoms with E-state index in [1.165, 1.54) is 24.0 Å². The largest absolute Gasteiger partial charge is 0.396 e. The van der Waals surface area contributed by atoms with Crippen molar-refractivity contribution in [3.05, 3.63) is 35.4 Å². The second kappa shape index (κ2) is 8.19. The van der Waals surface area contributed by atoms with E-state index in [-0.39, 0.29) is 24.6 Å². The van der Waals surface area contributed by atoms with Crippen LogP contribution in [0.3, 0.4) is 0 Å². The van der Waals surface area contributed by atoms with E-state index in [2.05, 4.69) is 48.3 Å². The van der Waals surface area contributed by atoms with E-state index in [9.17, 15) is 9.90 Å². The van der Waals surface area contributed by atoms with Gasteiger partial charge in [0.2, 0.25) is 0 Å². The first-order valence-electron chi connectivity index (χ1n) is 9.52. The number of rotatable bonds is 5. The number of carbonyl (C=O) groups is 1. The van der Waals surface area contributed by atoms with Crippen molar-refractivity contribution in [1.82, 2.24) is 15.1 Å². The molecule has 0 bridgehead atoms. The maximum atomic E-state index is 12.6. The number of aryl methyl sites for hydroxylation is 1. The molecule has 3 rings (SSSR count). The Hall–Kier alpha value is -1.59. The number of aliphatic hydroxyl groups is 1. The number of urea groups is 1. The van der Waals surface area contributed by atoms with E-state index >= 15 is 0 Å². The number of nitrogens with one attached hydrogen (secondary N) is 1. The third-order valence-electron chi connectivity index (χ3n) is 5.78. The highest BCUT2D eigenvalue weighted by Crippen LogP contribution is 2.26. The van der Waals surface area contributed by atoms with Gasteiger partial charge in [-0.15, -0.1) is 0 Å². The summed E-state index contributed by atoms with van der Waals surface area (Å²) in [5.74, 6) is 0.569. The van der Waals surface area contributed by atoms with Crippen molar-refractivity contribution in [3.8, 4) is 0 Å². The monoisotopic (exact) mass is 345 g/mol. The van der Waals surface area contributed by atoms with Crippen LogP contribution < -0.4 is 5.32 Å². The van der Waals surface area contributed by atoms with E-state index in [4.69, 9.17) is 0 Å². The SMILES string of the molecule is Cc1ccc(C(CNC(=O)N2C[C@@H](CO)[C@H](C)C2)N2CCCC2)cc1. The third-order valence-corrected chi connectivity index (χ3v) is 5.78. The number of aliphatic hydroxyl groups excluding tert-OH is 1. The summed E-state index contributed by atoms with van der Waals surface area (Å²) in [7, 11) is 0. The quantitative estimate of drug-likeness (QED) is 0.862. The molecule has 1 unspecified atom stereocenters. The van der Waals surface area contributed by atoms with Gasteiger partial charge in [0.25, 0.3) is 0 Å². The molecule has 2 heterocycles. The summed E-state index contributed by atoms with van der Waals surface area (Å²) in [6, 6.07) is 8.90. The fourth-order valence-corrected chi connectivity index (χ4v) is 4.03. The Balaban J connectivity index is 1.62. The summed E-state index contributed by atoms with van der Waals surface area (Å²) in [4.78, 5) is 16.9. The van der Waals surface area contributed by atoms with E-state index < -0.39 is 0 Å². The molecule has 25 heavy (non-hydrogen) atoms. The van der Waals surface area contributed by atoms with Gasteiger partial charge in [-0.25, -0.2) is 4.79 Å². The first-order valence-corrected chi connectivity index (χ1v) is 9.52. The van der Waals surface area contributed by atoms with Crippen molar-refractivity contribution >= 4 is 6.03 Å². The highest BCUT2D eigenvalue weighted by Gasteiger charge is 2.32. The number of benzene rings is 1. The Bertz CT molecular complexity index is 569. The minimum atomic E-state index is -0.000825. The number of hydrogen-bond acceptors (Lipinski definition) is 3. The summed E-state index contributed by atoms with van der Waals surface area (Å²) >= 11 is 0. The van der Waals surface area contributed by atoms with Crippen molar-refractivity contribution in [1.29, 1.82) is 0 Å². The molecule has 2 aliphatic heterocycles. The Labute approximate surface area is 151 Å². The van der Waals surface area contributed by atoms with E-state index in [0.29, 0.717) is 19.0 Å². The molecule has 3 atom stereocenters. The number of carbonyl (C=O) groups excluding carboxylic acids is 1. The van der Waals surface area contributed by atoms with Gasteiger partial charge in [0.15, 0.2) is 0 Å². The molecule has 1 aromatic rings. The molecule has 0 aromatic heterocycles. The molecule has 138 valence electrons. The maximum absolute atomic E-state index is 12.6. The molecule has 0 saturated carbocycles. The minimum Gasteiger partial charge on any atom is -0.396 e. The molecule has 0 aliphatic carbocycles. The van der Waals surface area contributed by atoms with Crippen LogP contribution in [-0.4, -0.2) is 60.3 Å². The second-order valence-electron chi connectivity index (χ2n) is 7.68. The normalized spacial score (nSPS) is 25.3. The fourth-order valence-electron chi connectivity index (χ4n) is 4.03. The van der Waals surface area contributed by atoms with Crippen molar-refractivity contribution in [2.45, 2.75) is 32.7 Å². The zero-order chi connectivity index (χ0) is 17.8. The van der Waals surface area contributed by atoms with Gasteiger partial charge in [0.1, 0.15) is 0 Å². The molecule has 0 radical (unpaired) electrons. The van der Waals surface area contributed by atoms with Crippen molar-refractivity contribution in [2.24, 2.45) is 11.8 Å². The summed E-state index contributed by atoms with van der Waals surface area (Å²) < 4.78 is 0. The van der Waals surface area contributed by atoms with Crippen LogP contribution in [0.5, 0.6) is 0 Å². The third kappa shape index (κ3) is 4.33. The van der Waals surface area contributed by atoms with Gasteiger partial charge in [0.05, 0.1) is 6.04 Å². The molecule has 0 spiro atoms. The zero-order valence-corrected chi connectivity index (χ0v) is 15.4. The van der Waals surface area contributed by atoms with Crippen molar-refractivity contribution in [3.63, 3.8) is 0 Å². The summed E-state index contributed by atoms with van der Waals surface area (Å²) in [5.41, 5.74) is 2.53. The summed E-state index contributed by atoms with van der Waals surface area (Å²) in [6.45, 7) is 8.58. The van der Waals surface area contributed by atoms with Crippen molar-refractivity contribution < 1.29 is 9.90 Å². The number of nitrogens with zero attached hydrogens (tertiary/aromatic N) is 2. The van der Waals surface area contributed by atoms with Crippen LogP contribution in [-0.2, 0) is 0 Å². The zero-order valence-electron chi connectivity index (χ0n) is 15.4. The molecule has 2 fully saturated rings. The molecule has 2 saturated heterocycles. The van der Waals surface area contributed by atoms with Gasteiger partial charge in [-0.3, -0.25) is 4.90 Å². The molecule has 2 amide bonds. The fraction of sp³-hybridized carbons (Fsp3) is 0.650. The van der Waals surface area contributed by atoms with Crippen LogP contribution in [0.1, 0.15) is 36.9 Å². The standard InChI is InChI=1S/C20H31N3O2/c1-15-5-7-17(8-6-15)19(22-9-3-4-10-22)11-21-20(25)23-12-16(2)18(13-23)14-24/h5-8,16,18-19,24H,3-4,9-14H2,1-2H3,(H,21,25)/t16-,18+,19?/m1/s1. The number of likely N-dealkylation sites (tertiary alicyclic amines) is 2. The molecule has 2 N–H and O–H groups in total. The van der Waals surface area contributed by atoms with Gasteiger partial charge in [0, 0.05) is 32.2 Å². The van der Waals surface area contributed by atoms with Gasteiger partial charge in [-0.05, 0) is 44.3 Å². The molecular formula is C20H31N3O2. The van der Waals surface area contributed by atoms with Crippen LogP contribution in [0.15, 0.2) is 24.3 Å². The summed E-state index contributed by atoms with van der Waals surface area (Å²) in [5, 5.41) is 12.5. The Morgan fingerprint density at radius 3 is 2.52 bits per heavy atom. The highest BCUT2D eigenvalue weighted by atomic mass is 16.3. The van der Waals surface area contributed by atoms with Crippen LogP contribution in [0.2, 0.25) is 0 Å². The molecular weight excluding hydrogens is 314 g/mol. The van der Waals surface area contributed by atoms with Crippen LogP contribution in [0.4, 0.5) is 4.79 Å². The lowest BCUT2D eigenvalue weighted by Gasteiger charge is -2.29. The predicted octanol–water partition coefficient (Wildman–Crippen LogP) is 2.40. The van der Waals surface area contributed by atoms with Gasteiger partial charge < -0.3 is 15.3 Å². The van der Waals surface area contributed by atoms with Gasteiger partial charge >= 0.3 is 6.03 Å². The Morgan fingerprint density at radius 1 is 1.24 bits per heavy atom. The Kier molecular flexibility index (Phi) is 5.97. The number of hydrogen-bond donors (Lipinski definition) is 2. The minimum absolute atomic E-state index is 0.000825. The smallest absolute Gasteiger partial charge is 0.317 e. The molecule has 5 heteroatoms. The highest BCUT2D eigenvalue weighted by molar-refractivity contribution is 5.74. The first-order chi connectivity index (χ1) is 12.1. The lowest BCUT2D eigenvalue weighted by Crippen LogP contribution is -2.43. The molecule has 2 aliphatic rings. The molecule has 1 aromatic carbocycles. The average Bonchev–Trinajstić information content (AvgIpc) is 3.26. The Morgan fingerprint density at radius 2 is 1.92 bits per heavy atom. The topological polar surface area (TPSA) is 55.8 Å². The maximum Gasteiger partial charge on any atom is 0.317 e. The van der Waals surface area contributed by atoms with Gasteiger partial charge in [-0.1, -0.05) is 36.8 Å². The van der Waals surface area contributed by atoms with Crippen LogP contribution in [0, 0.1) is 18.8 Å². The van der Waals surface area contributed by atoms with Gasteiger partial charge in [-0.2, -0.15) is 0 Å². The number of amides is 2. The van der Waals surface area contributed by atoms with Crippen LogP contribution in [0.25, 0.3) is 0 Å². The molecule has 5 nitrogen and oxygen atoms in total. The first kappa shape index (κ1) is 18.2. The van der Waals surface area contributed by atoms with E-state index in [1.54, 1.807) is 0 Å². The van der Waals surface area contributed by atoms with E-state index in [0.717, 1.165) is 19.6 Å². The lowest BCUT2D eigenvalue weighted by molar-refractivity contribution is 0.188. The second-order valence-corrected chi connectivity index (χ2v) is 7.68. The summed E-state index contributed by atoms with van der Waals surface area (Å²) in [6.07, 6.45) is 2.47. The van der Waals surface area contributed by atoms with Crippen LogP contribution >= 0.6 is 0 Å². The van der Waals surface area contributed by atoms with Crippen molar-refractivity contribution in [2.75, 3.05) is 39.3 Å².